The van der Waals surface area contributed by atoms with Crippen LogP contribution in [0.25, 0.3) is 11.0 Å². The van der Waals surface area contributed by atoms with Crippen LogP contribution < -0.4 is 5.32 Å². The molecule has 9 heteroatoms. The zero-order valence-electron chi connectivity index (χ0n) is 10.8. The first-order valence-electron chi connectivity index (χ1n) is 6.02. The SMILES string of the molecule is O=C(Nc1cc([N+](=O)[O-])ccc1Cl)c1ccc2nsnc2c1. The number of benzene rings is 2. The fourth-order valence-electron chi connectivity index (χ4n) is 1.84. The van der Waals surface area contributed by atoms with Crippen LogP contribution in [0.15, 0.2) is 36.4 Å². The van der Waals surface area contributed by atoms with Gasteiger partial charge < -0.3 is 5.32 Å². The van der Waals surface area contributed by atoms with E-state index in [2.05, 4.69) is 14.1 Å². The predicted molar refractivity (Wildman–Crippen MR) is 83.5 cm³/mol. The Balaban J connectivity index is 1.90. The van der Waals surface area contributed by atoms with E-state index in [0.717, 1.165) is 11.7 Å². The van der Waals surface area contributed by atoms with Gasteiger partial charge in [-0.1, -0.05) is 11.6 Å². The van der Waals surface area contributed by atoms with E-state index in [1.54, 1.807) is 18.2 Å². The van der Waals surface area contributed by atoms with Crippen LogP contribution in [0.4, 0.5) is 11.4 Å². The first-order valence-corrected chi connectivity index (χ1v) is 7.13. The summed E-state index contributed by atoms with van der Waals surface area (Å²) in [6.07, 6.45) is 0. The summed E-state index contributed by atoms with van der Waals surface area (Å²) in [6, 6.07) is 8.73. The van der Waals surface area contributed by atoms with E-state index >= 15 is 0 Å². The van der Waals surface area contributed by atoms with Gasteiger partial charge in [0.15, 0.2) is 0 Å². The molecule has 0 aliphatic rings. The number of nitrogens with one attached hydrogen (secondary N) is 1. The van der Waals surface area contributed by atoms with Crippen molar-refractivity contribution < 1.29 is 9.72 Å². The number of carbonyl (C=O) groups excluding carboxylic acids is 1. The summed E-state index contributed by atoms with van der Waals surface area (Å²) in [7, 11) is 0. The molecule has 0 spiro atoms. The van der Waals surface area contributed by atoms with Crippen molar-refractivity contribution in [3.63, 3.8) is 0 Å². The monoisotopic (exact) mass is 334 g/mol. The standard InChI is InChI=1S/C13H7ClN4O3S/c14-9-3-2-8(18(20)21)6-11(9)15-13(19)7-1-4-10-12(5-7)17-22-16-10/h1-6H,(H,15,19). The molecule has 0 saturated heterocycles. The Morgan fingerprint density at radius 3 is 2.73 bits per heavy atom. The number of nitrogens with zero attached hydrogens (tertiary/aromatic N) is 3. The molecule has 3 rings (SSSR count). The summed E-state index contributed by atoms with van der Waals surface area (Å²) in [5.41, 5.74) is 1.71. The Morgan fingerprint density at radius 2 is 1.95 bits per heavy atom. The van der Waals surface area contributed by atoms with E-state index in [1.807, 2.05) is 0 Å². The minimum Gasteiger partial charge on any atom is -0.320 e. The Hall–Kier alpha value is -2.58. The summed E-state index contributed by atoms with van der Waals surface area (Å²) >= 11 is 7.01. The summed E-state index contributed by atoms with van der Waals surface area (Å²) in [6.45, 7) is 0. The van der Waals surface area contributed by atoms with Gasteiger partial charge in [0.1, 0.15) is 11.0 Å². The summed E-state index contributed by atoms with van der Waals surface area (Å²) in [5, 5.41) is 13.5. The van der Waals surface area contributed by atoms with E-state index in [1.165, 1.54) is 18.2 Å². The Labute approximate surface area is 133 Å². The zero-order chi connectivity index (χ0) is 15.7. The molecule has 0 aliphatic heterocycles. The molecule has 1 N–H and O–H groups in total. The molecule has 0 saturated carbocycles. The van der Waals surface area contributed by atoms with Gasteiger partial charge in [0.2, 0.25) is 0 Å². The number of amides is 1. The zero-order valence-corrected chi connectivity index (χ0v) is 12.4. The van der Waals surface area contributed by atoms with E-state index < -0.39 is 10.8 Å². The summed E-state index contributed by atoms with van der Waals surface area (Å²) in [4.78, 5) is 22.4. The van der Waals surface area contributed by atoms with Gasteiger partial charge in [-0.05, 0) is 24.3 Å². The third kappa shape index (κ3) is 2.74. The maximum atomic E-state index is 12.2. The van der Waals surface area contributed by atoms with E-state index in [-0.39, 0.29) is 16.4 Å². The second-order valence-corrected chi connectivity index (χ2v) is 5.28. The van der Waals surface area contributed by atoms with Crippen molar-refractivity contribution in [3.05, 3.63) is 57.1 Å². The third-order valence-electron chi connectivity index (χ3n) is 2.92. The van der Waals surface area contributed by atoms with Gasteiger partial charge in [0, 0.05) is 17.7 Å². The number of nitro benzene ring substituents is 1. The van der Waals surface area contributed by atoms with Crippen LogP contribution in [0.5, 0.6) is 0 Å². The van der Waals surface area contributed by atoms with Gasteiger partial charge in [-0.15, -0.1) is 0 Å². The van der Waals surface area contributed by atoms with Gasteiger partial charge in [0.25, 0.3) is 11.6 Å². The number of nitro groups is 1. The molecule has 0 aliphatic carbocycles. The minimum absolute atomic E-state index is 0.154. The molecule has 22 heavy (non-hydrogen) atoms. The van der Waals surface area contributed by atoms with E-state index in [0.29, 0.717) is 16.6 Å². The van der Waals surface area contributed by atoms with E-state index in [4.69, 9.17) is 11.6 Å². The number of carbonyl (C=O) groups is 1. The van der Waals surface area contributed by atoms with Crippen molar-refractivity contribution in [2.24, 2.45) is 0 Å². The molecular formula is C13H7ClN4O3S. The lowest BCUT2D eigenvalue weighted by Crippen LogP contribution is -2.12. The Kier molecular flexibility index (Phi) is 3.70. The Morgan fingerprint density at radius 1 is 1.18 bits per heavy atom. The fraction of sp³-hybridized carbons (Fsp3) is 0. The highest BCUT2D eigenvalue weighted by molar-refractivity contribution is 7.00. The van der Waals surface area contributed by atoms with Gasteiger partial charge in [-0.25, -0.2) is 0 Å². The summed E-state index contributed by atoms with van der Waals surface area (Å²) in [5.74, 6) is -0.433. The number of hydrogen-bond donors (Lipinski definition) is 1. The number of hydrogen-bond acceptors (Lipinski definition) is 6. The lowest BCUT2D eigenvalue weighted by Gasteiger charge is -2.07. The quantitative estimate of drug-likeness (QED) is 0.583. The lowest BCUT2D eigenvalue weighted by molar-refractivity contribution is -0.384. The number of halogens is 1. The molecule has 1 aromatic heterocycles. The number of anilines is 1. The molecule has 0 radical (unpaired) electrons. The molecule has 3 aromatic rings. The first-order chi connectivity index (χ1) is 10.5. The third-order valence-corrected chi connectivity index (χ3v) is 3.81. The maximum Gasteiger partial charge on any atom is 0.271 e. The van der Waals surface area contributed by atoms with Gasteiger partial charge in [0.05, 0.1) is 27.4 Å². The van der Waals surface area contributed by atoms with Gasteiger partial charge in [-0.2, -0.15) is 8.75 Å². The molecule has 110 valence electrons. The minimum atomic E-state index is -0.557. The maximum absolute atomic E-state index is 12.2. The fourth-order valence-corrected chi connectivity index (χ4v) is 2.52. The van der Waals surface area contributed by atoms with Crippen molar-refractivity contribution in [3.8, 4) is 0 Å². The van der Waals surface area contributed by atoms with Crippen molar-refractivity contribution in [1.82, 2.24) is 8.75 Å². The molecule has 7 nitrogen and oxygen atoms in total. The molecular weight excluding hydrogens is 328 g/mol. The molecule has 0 fully saturated rings. The Bertz CT molecular complexity index is 896. The van der Waals surface area contributed by atoms with Crippen LogP contribution in [0.2, 0.25) is 5.02 Å². The number of rotatable bonds is 3. The molecule has 1 heterocycles. The number of aromatic nitrogens is 2. The number of fused-ring (bicyclic) bond motifs is 1. The van der Waals surface area contributed by atoms with E-state index in [9.17, 15) is 14.9 Å². The van der Waals surface area contributed by atoms with Crippen LogP contribution in [0, 0.1) is 10.1 Å². The molecule has 0 bridgehead atoms. The van der Waals surface area contributed by atoms with Crippen molar-refractivity contribution in [1.29, 1.82) is 0 Å². The van der Waals surface area contributed by atoms with Crippen LogP contribution >= 0.6 is 23.3 Å². The van der Waals surface area contributed by atoms with Gasteiger partial charge >= 0.3 is 0 Å². The molecule has 2 aromatic carbocycles. The first kappa shape index (κ1) is 14.4. The highest BCUT2D eigenvalue weighted by Crippen LogP contribution is 2.27. The predicted octanol–water partition coefficient (Wildman–Crippen LogP) is 3.51. The largest absolute Gasteiger partial charge is 0.320 e. The number of non-ortho nitro benzene ring substituents is 1. The average Bonchev–Trinajstić information content (AvgIpc) is 2.96. The molecule has 0 atom stereocenters. The highest BCUT2D eigenvalue weighted by atomic mass is 35.5. The van der Waals surface area contributed by atoms with Crippen molar-refractivity contribution >= 4 is 51.6 Å². The van der Waals surface area contributed by atoms with Crippen molar-refractivity contribution in [2.75, 3.05) is 5.32 Å². The second-order valence-electron chi connectivity index (χ2n) is 4.34. The van der Waals surface area contributed by atoms with Crippen LogP contribution in [0.1, 0.15) is 10.4 Å². The van der Waals surface area contributed by atoms with Crippen LogP contribution in [0.3, 0.4) is 0 Å². The van der Waals surface area contributed by atoms with Crippen LogP contribution in [-0.2, 0) is 0 Å². The average molecular weight is 335 g/mol. The lowest BCUT2D eigenvalue weighted by atomic mass is 10.2. The van der Waals surface area contributed by atoms with Crippen LogP contribution in [-0.4, -0.2) is 19.6 Å². The smallest absolute Gasteiger partial charge is 0.271 e. The van der Waals surface area contributed by atoms with Gasteiger partial charge in [-0.3, -0.25) is 14.9 Å². The van der Waals surface area contributed by atoms with Crippen molar-refractivity contribution in [2.45, 2.75) is 0 Å². The topological polar surface area (TPSA) is 98.0 Å². The molecule has 0 unspecified atom stereocenters. The summed E-state index contributed by atoms with van der Waals surface area (Å²) < 4.78 is 8.11. The second kappa shape index (κ2) is 5.66. The molecule has 1 amide bonds. The highest BCUT2D eigenvalue weighted by Gasteiger charge is 2.14. The normalized spacial score (nSPS) is 10.6.